The van der Waals surface area contributed by atoms with Gasteiger partial charge in [-0.25, -0.2) is 0 Å². The van der Waals surface area contributed by atoms with Crippen molar-refractivity contribution in [2.24, 2.45) is 0 Å². The third kappa shape index (κ3) is 3.51. The second-order valence-electron chi connectivity index (χ2n) is 5.26. The van der Waals surface area contributed by atoms with E-state index in [4.69, 9.17) is 9.47 Å². The predicted octanol–water partition coefficient (Wildman–Crippen LogP) is 3.56. The maximum absolute atomic E-state index is 12.8. The van der Waals surface area contributed by atoms with Gasteiger partial charge in [-0.2, -0.15) is 0 Å². The number of methoxy groups -OCH3 is 2. The fraction of sp³-hybridized carbons (Fsp3) is 0.111. The number of halogens is 1. The van der Waals surface area contributed by atoms with Crippen molar-refractivity contribution in [3.05, 3.63) is 62.9 Å². The SMILES string of the molecule is COc1ccc(OC)c(NC(=O)c2cc(=O)[nH]c3cc(Br)ccc23)c1. The van der Waals surface area contributed by atoms with Gasteiger partial charge in [0.2, 0.25) is 5.56 Å². The number of pyridine rings is 1. The average molecular weight is 403 g/mol. The minimum atomic E-state index is -0.412. The van der Waals surface area contributed by atoms with Crippen molar-refractivity contribution in [1.82, 2.24) is 4.98 Å². The molecule has 0 aliphatic heterocycles. The molecular formula is C18H15BrN2O4. The van der Waals surface area contributed by atoms with E-state index in [0.717, 1.165) is 4.47 Å². The minimum absolute atomic E-state index is 0.274. The zero-order valence-electron chi connectivity index (χ0n) is 13.6. The Bertz CT molecular complexity index is 1010. The summed E-state index contributed by atoms with van der Waals surface area (Å²) in [6, 6.07) is 11.7. The Morgan fingerprint density at radius 3 is 2.60 bits per heavy atom. The van der Waals surface area contributed by atoms with E-state index in [1.165, 1.54) is 20.3 Å². The summed E-state index contributed by atoms with van der Waals surface area (Å²) >= 11 is 3.35. The van der Waals surface area contributed by atoms with E-state index in [0.29, 0.717) is 28.1 Å². The average Bonchev–Trinajstić information content (AvgIpc) is 2.60. The number of anilines is 1. The highest BCUT2D eigenvalue weighted by atomic mass is 79.9. The summed E-state index contributed by atoms with van der Waals surface area (Å²) in [5.74, 6) is 0.659. The van der Waals surface area contributed by atoms with Crippen LogP contribution in [0.1, 0.15) is 10.4 Å². The number of ether oxygens (including phenoxy) is 2. The Labute approximate surface area is 151 Å². The maximum atomic E-state index is 12.8. The minimum Gasteiger partial charge on any atom is -0.497 e. The van der Waals surface area contributed by atoms with Crippen LogP contribution in [0, 0.1) is 0 Å². The van der Waals surface area contributed by atoms with Crippen molar-refractivity contribution in [2.75, 3.05) is 19.5 Å². The molecule has 1 amide bonds. The van der Waals surface area contributed by atoms with Crippen LogP contribution in [0.25, 0.3) is 10.9 Å². The van der Waals surface area contributed by atoms with Crippen LogP contribution < -0.4 is 20.3 Å². The molecule has 1 heterocycles. The van der Waals surface area contributed by atoms with Crippen LogP contribution >= 0.6 is 15.9 Å². The molecule has 0 atom stereocenters. The molecule has 0 aliphatic rings. The van der Waals surface area contributed by atoms with Crippen LogP contribution in [-0.4, -0.2) is 25.1 Å². The summed E-state index contributed by atoms with van der Waals surface area (Å²) in [4.78, 5) is 27.4. The van der Waals surface area contributed by atoms with Crippen molar-refractivity contribution in [3.8, 4) is 11.5 Å². The number of carbonyl (C=O) groups is 1. The van der Waals surface area contributed by atoms with E-state index < -0.39 is 5.91 Å². The standard InChI is InChI=1S/C18H15BrN2O4/c1-24-11-4-6-16(25-2)15(8-11)21-18(23)13-9-17(22)20-14-7-10(19)3-5-12(13)14/h3-9H,1-2H3,(H,20,22)(H,21,23). The molecule has 2 aromatic carbocycles. The third-order valence-corrected chi connectivity index (χ3v) is 4.20. The number of amides is 1. The predicted molar refractivity (Wildman–Crippen MR) is 99.8 cm³/mol. The Morgan fingerprint density at radius 2 is 1.88 bits per heavy atom. The van der Waals surface area contributed by atoms with Gasteiger partial charge in [-0.05, 0) is 24.3 Å². The lowest BCUT2D eigenvalue weighted by Gasteiger charge is -2.12. The van der Waals surface area contributed by atoms with Gasteiger partial charge in [-0.1, -0.05) is 22.0 Å². The first-order chi connectivity index (χ1) is 12.0. The second-order valence-corrected chi connectivity index (χ2v) is 6.17. The normalized spacial score (nSPS) is 10.5. The first-order valence-corrected chi connectivity index (χ1v) is 8.17. The molecule has 0 radical (unpaired) electrons. The van der Waals surface area contributed by atoms with E-state index in [1.54, 1.807) is 30.3 Å². The van der Waals surface area contributed by atoms with Gasteiger partial charge < -0.3 is 19.8 Å². The van der Waals surface area contributed by atoms with Gasteiger partial charge in [-0.3, -0.25) is 9.59 Å². The molecule has 0 unspecified atom stereocenters. The Balaban J connectivity index is 2.05. The largest absolute Gasteiger partial charge is 0.497 e. The van der Waals surface area contributed by atoms with Crippen LogP contribution in [0.3, 0.4) is 0 Å². The summed E-state index contributed by atoms with van der Waals surface area (Å²) in [7, 11) is 3.05. The van der Waals surface area contributed by atoms with E-state index >= 15 is 0 Å². The Hall–Kier alpha value is -2.80. The molecular weight excluding hydrogens is 388 g/mol. The van der Waals surface area contributed by atoms with Gasteiger partial charge >= 0.3 is 0 Å². The lowest BCUT2D eigenvalue weighted by Crippen LogP contribution is -2.17. The molecule has 0 bridgehead atoms. The number of H-pyrrole nitrogens is 1. The van der Waals surface area contributed by atoms with Crippen molar-refractivity contribution in [1.29, 1.82) is 0 Å². The highest BCUT2D eigenvalue weighted by Gasteiger charge is 2.15. The van der Waals surface area contributed by atoms with Gasteiger partial charge in [-0.15, -0.1) is 0 Å². The second kappa shape index (κ2) is 6.98. The molecule has 0 saturated heterocycles. The lowest BCUT2D eigenvalue weighted by molar-refractivity contribution is 0.102. The number of aromatic amines is 1. The molecule has 0 spiro atoms. The van der Waals surface area contributed by atoms with Crippen LogP contribution in [0.2, 0.25) is 0 Å². The first-order valence-electron chi connectivity index (χ1n) is 7.38. The summed E-state index contributed by atoms with van der Waals surface area (Å²) in [5.41, 5.74) is 0.950. The smallest absolute Gasteiger partial charge is 0.256 e. The number of nitrogens with one attached hydrogen (secondary N) is 2. The summed E-state index contributed by atoms with van der Waals surface area (Å²) in [5, 5.41) is 3.42. The molecule has 0 aliphatic carbocycles. The first kappa shape index (κ1) is 17.0. The Morgan fingerprint density at radius 1 is 1.08 bits per heavy atom. The van der Waals surface area contributed by atoms with Crippen molar-refractivity contribution < 1.29 is 14.3 Å². The van der Waals surface area contributed by atoms with Gasteiger partial charge in [0.25, 0.3) is 5.91 Å². The lowest BCUT2D eigenvalue weighted by atomic mass is 10.1. The van der Waals surface area contributed by atoms with Crippen molar-refractivity contribution in [3.63, 3.8) is 0 Å². The molecule has 7 heteroatoms. The van der Waals surface area contributed by atoms with Gasteiger partial charge in [0.1, 0.15) is 11.5 Å². The number of aromatic nitrogens is 1. The fourth-order valence-corrected chi connectivity index (χ4v) is 2.88. The van der Waals surface area contributed by atoms with Gasteiger partial charge in [0, 0.05) is 22.0 Å². The van der Waals surface area contributed by atoms with Gasteiger partial charge in [0.05, 0.1) is 31.0 Å². The molecule has 6 nitrogen and oxygen atoms in total. The van der Waals surface area contributed by atoms with Gasteiger partial charge in [0.15, 0.2) is 0 Å². The van der Waals surface area contributed by atoms with E-state index in [2.05, 4.69) is 26.2 Å². The third-order valence-electron chi connectivity index (χ3n) is 3.70. The van der Waals surface area contributed by atoms with Crippen LogP contribution in [0.15, 0.2) is 51.7 Å². The summed E-state index contributed by atoms with van der Waals surface area (Å²) in [6.07, 6.45) is 0. The number of fused-ring (bicyclic) bond motifs is 1. The molecule has 2 N–H and O–H groups in total. The number of hydrogen-bond acceptors (Lipinski definition) is 4. The number of rotatable bonds is 4. The quantitative estimate of drug-likeness (QED) is 0.698. The molecule has 0 fully saturated rings. The zero-order chi connectivity index (χ0) is 18.0. The topological polar surface area (TPSA) is 80.4 Å². The monoisotopic (exact) mass is 402 g/mol. The zero-order valence-corrected chi connectivity index (χ0v) is 15.1. The molecule has 3 rings (SSSR count). The molecule has 0 saturated carbocycles. The maximum Gasteiger partial charge on any atom is 0.256 e. The van der Waals surface area contributed by atoms with Crippen LogP contribution in [-0.2, 0) is 0 Å². The highest BCUT2D eigenvalue weighted by molar-refractivity contribution is 9.10. The highest BCUT2D eigenvalue weighted by Crippen LogP contribution is 2.30. The number of carbonyl (C=O) groups excluding carboxylic acids is 1. The fourth-order valence-electron chi connectivity index (χ4n) is 2.52. The molecule has 3 aromatic rings. The van der Waals surface area contributed by atoms with Crippen LogP contribution in [0.5, 0.6) is 11.5 Å². The summed E-state index contributed by atoms with van der Waals surface area (Å²) in [6.45, 7) is 0. The number of benzene rings is 2. The van der Waals surface area contributed by atoms with Crippen molar-refractivity contribution in [2.45, 2.75) is 0 Å². The molecule has 128 valence electrons. The van der Waals surface area contributed by atoms with E-state index in [9.17, 15) is 9.59 Å². The van der Waals surface area contributed by atoms with E-state index in [1.807, 2.05) is 6.07 Å². The molecule has 25 heavy (non-hydrogen) atoms. The number of hydrogen-bond donors (Lipinski definition) is 2. The Kier molecular flexibility index (Phi) is 4.76. The summed E-state index contributed by atoms with van der Waals surface area (Å²) < 4.78 is 11.2. The van der Waals surface area contributed by atoms with E-state index in [-0.39, 0.29) is 11.1 Å². The van der Waals surface area contributed by atoms with Crippen molar-refractivity contribution >= 4 is 38.4 Å². The molecule has 1 aromatic heterocycles. The van der Waals surface area contributed by atoms with Crippen LogP contribution in [0.4, 0.5) is 5.69 Å².